The molecule has 17 heavy (non-hydrogen) atoms. The quantitative estimate of drug-likeness (QED) is 0.882. The number of nitrogens with zero attached hydrogens (tertiary/aromatic N) is 2. The van der Waals surface area contributed by atoms with Crippen molar-refractivity contribution in [3.8, 4) is 5.75 Å². The SMILES string of the molecule is CNCc1nc(COc2cccnc2C)cs1. The summed E-state index contributed by atoms with van der Waals surface area (Å²) in [6, 6.07) is 3.79. The van der Waals surface area contributed by atoms with E-state index < -0.39 is 0 Å². The summed E-state index contributed by atoms with van der Waals surface area (Å²) >= 11 is 1.64. The van der Waals surface area contributed by atoms with Crippen LogP contribution in [0.5, 0.6) is 5.75 Å². The highest BCUT2D eigenvalue weighted by atomic mass is 32.1. The van der Waals surface area contributed by atoms with Crippen LogP contribution >= 0.6 is 11.3 Å². The molecule has 2 rings (SSSR count). The topological polar surface area (TPSA) is 47.0 Å². The zero-order valence-electron chi connectivity index (χ0n) is 9.93. The van der Waals surface area contributed by atoms with Crippen LogP contribution in [0.1, 0.15) is 16.4 Å². The highest BCUT2D eigenvalue weighted by Crippen LogP contribution is 2.16. The minimum Gasteiger partial charge on any atom is -0.485 e. The maximum Gasteiger partial charge on any atom is 0.141 e. The first-order chi connectivity index (χ1) is 8.29. The number of pyridine rings is 1. The van der Waals surface area contributed by atoms with E-state index in [9.17, 15) is 0 Å². The third-order valence-electron chi connectivity index (χ3n) is 2.26. The lowest BCUT2D eigenvalue weighted by Gasteiger charge is -2.05. The maximum atomic E-state index is 5.68. The molecule has 0 aliphatic rings. The van der Waals surface area contributed by atoms with Crippen molar-refractivity contribution in [1.82, 2.24) is 15.3 Å². The molecule has 5 heteroatoms. The average Bonchev–Trinajstić information content (AvgIpc) is 2.76. The molecule has 0 aliphatic carbocycles. The summed E-state index contributed by atoms with van der Waals surface area (Å²) in [4.78, 5) is 8.63. The van der Waals surface area contributed by atoms with Gasteiger partial charge in [-0.1, -0.05) is 0 Å². The molecule has 0 unspecified atom stereocenters. The van der Waals surface area contributed by atoms with Crippen molar-refractivity contribution in [2.75, 3.05) is 7.05 Å². The van der Waals surface area contributed by atoms with Gasteiger partial charge < -0.3 is 10.1 Å². The highest BCUT2D eigenvalue weighted by molar-refractivity contribution is 7.09. The molecule has 0 saturated heterocycles. The van der Waals surface area contributed by atoms with Crippen LogP contribution < -0.4 is 10.1 Å². The first-order valence-electron chi connectivity index (χ1n) is 5.42. The third kappa shape index (κ3) is 3.25. The first-order valence-corrected chi connectivity index (χ1v) is 6.30. The Balaban J connectivity index is 1.95. The summed E-state index contributed by atoms with van der Waals surface area (Å²) in [5.74, 6) is 0.815. The highest BCUT2D eigenvalue weighted by Gasteiger charge is 2.03. The number of rotatable bonds is 5. The van der Waals surface area contributed by atoms with Gasteiger partial charge in [0.2, 0.25) is 0 Å². The molecule has 2 aromatic heterocycles. The fraction of sp³-hybridized carbons (Fsp3) is 0.333. The molecule has 1 N–H and O–H groups in total. The van der Waals surface area contributed by atoms with Gasteiger partial charge in [-0.05, 0) is 26.1 Å². The van der Waals surface area contributed by atoms with Crippen molar-refractivity contribution in [3.05, 3.63) is 40.1 Å². The molecular weight excluding hydrogens is 234 g/mol. The Hall–Kier alpha value is -1.46. The van der Waals surface area contributed by atoms with Gasteiger partial charge in [-0.2, -0.15) is 0 Å². The molecule has 0 atom stereocenters. The maximum absolute atomic E-state index is 5.68. The Morgan fingerprint density at radius 2 is 2.35 bits per heavy atom. The van der Waals surface area contributed by atoms with Crippen molar-refractivity contribution in [2.24, 2.45) is 0 Å². The Morgan fingerprint density at radius 1 is 1.47 bits per heavy atom. The van der Waals surface area contributed by atoms with Crippen molar-refractivity contribution >= 4 is 11.3 Å². The van der Waals surface area contributed by atoms with E-state index in [4.69, 9.17) is 4.74 Å². The number of nitrogens with one attached hydrogen (secondary N) is 1. The Bertz CT molecular complexity index is 484. The fourth-order valence-corrected chi connectivity index (χ4v) is 2.21. The van der Waals surface area contributed by atoms with Gasteiger partial charge in [0, 0.05) is 18.1 Å². The fourth-order valence-electron chi connectivity index (χ4n) is 1.42. The molecule has 0 aliphatic heterocycles. The summed E-state index contributed by atoms with van der Waals surface area (Å²) in [5, 5.41) is 6.18. The summed E-state index contributed by atoms with van der Waals surface area (Å²) in [5.41, 5.74) is 1.86. The molecule has 0 aromatic carbocycles. The second kappa shape index (κ2) is 5.75. The predicted molar refractivity (Wildman–Crippen MR) is 68.2 cm³/mol. The molecule has 0 fully saturated rings. The lowest BCUT2D eigenvalue weighted by Crippen LogP contribution is -2.05. The van der Waals surface area contributed by atoms with Crippen molar-refractivity contribution in [2.45, 2.75) is 20.1 Å². The van der Waals surface area contributed by atoms with E-state index in [2.05, 4.69) is 15.3 Å². The van der Waals surface area contributed by atoms with Gasteiger partial charge in [-0.25, -0.2) is 4.98 Å². The molecule has 90 valence electrons. The molecule has 0 saturated carbocycles. The first kappa shape index (κ1) is 12.0. The van der Waals surface area contributed by atoms with Crippen LogP contribution in [-0.2, 0) is 13.2 Å². The molecule has 0 spiro atoms. The van der Waals surface area contributed by atoms with Crippen LogP contribution in [0, 0.1) is 6.92 Å². The van der Waals surface area contributed by atoms with E-state index in [1.807, 2.05) is 31.5 Å². The number of aryl methyl sites for hydroxylation is 1. The monoisotopic (exact) mass is 249 g/mol. The number of aromatic nitrogens is 2. The van der Waals surface area contributed by atoms with Gasteiger partial charge in [0.25, 0.3) is 0 Å². The number of ether oxygens (including phenoxy) is 1. The smallest absolute Gasteiger partial charge is 0.141 e. The minimum absolute atomic E-state index is 0.493. The summed E-state index contributed by atoms with van der Waals surface area (Å²) in [7, 11) is 1.91. The molecule has 2 aromatic rings. The standard InChI is InChI=1S/C12H15N3OS/c1-9-11(4-3-5-14-9)16-7-10-8-17-12(15-10)6-13-2/h3-5,8,13H,6-7H2,1-2H3. The lowest BCUT2D eigenvalue weighted by molar-refractivity contribution is 0.298. The second-order valence-corrected chi connectivity index (χ2v) is 4.58. The minimum atomic E-state index is 0.493. The second-order valence-electron chi connectivity index (χ2n) is 3.64. The van der Waals surface area contributed by atoms with E-state index in [-0.39, 0.29) is 0 Å². The number of thiazole rings is 1. The van der Waals surface area contributed by atoms with Crippen LogP contribution in [0.4, 0.5) is 0 Å². The van der Waals surface area contributed by atoms with Crippen molar-refractivity contribution < 1.29 is 4.74 Å². The van der Waals surface area contributed by atoms with Crippen LogP contribution in [0.25, 0.3) is 0 Å². The number of hydrogen-bond donors (Lipinski definition) is 1. The van der Waals surface area contributed by atoms with Gasteiger partial charge in [0.1, 0.15) is 17.4 Å². The summed E-state index contributed by atoms with van der Waals surface area (Å²) < 4.78 is 5.68. The Morgan fingerprint density at radius 3 is 3.12 bits per heavy atom. The van der Waals surface area contributed by atoms with Gasteiger partial charge in [0.05, 0.1) is 11.4 Å². The van der Waals surface area contributed by atoms with Crippen molar-refractivity contribution in [1.29, 1.82) is 0 Å². The van der Waals surface area contributed by atoms with Crippen LogP contribution in [0.2, 0.25) is 0 Å². The molecule has 2 heterocycles. The van der Waals surface area contributed by atoms with Crippen LogP contribution in [0.3, 0.4) is 0 Å². The van der Waals surface area contributed by atoms with Gasteiger partial charge >= 0.3 is 0 Å². The Kier molecular flexibility index (Phi) is 4.06. The van der Waals surface area contributed by atoms with E-state index in [1.165, 1.54) is 0 Å². The Labute approximate surface area is 105 Å². The molecule has 0 radical (unpaired) electrons. The molecule has 4 nitrogen and oxygen atoms in total. The third-order valence-corrected chi connectivity index (χ3v) is 3.16. The zero-order chi connectivity index (χ0) is 12.1. The molecular formula is C12H15N3OS. The van der Waals surface area contributed by atoms with Gasteiger partial charge in [0.15, 0.2) is 0 Å². The van der Waals surface area contributed by atoms with Crippen LogP contribution in [-0.4, -0.2) is 17.0 Å². The van der Waals surface area contributed by atoms with E-state index in [0.29, 0.717) is 6.61 Å². The van der Waals surface area contributed by atoms with Crippen LogP contribution in [0.15, 0.2) is 23.7 Å². The largest absolute Gasteiger partial charge is 0.485 e. The zero-order valence-corrected chi connectivity index (χ0v) is 10.8. The number of hydrogen-bond acceptors (Lipinski definition) is 5. The van der Waals surface area contributed by atoms with Gasteiger partial charge in [-0.15, -0.1) is 11.3 Å². The normalized spacial score (nSPS) is 10.5. The van der Waals surface area contributed by atoms with Gasteiger partial charge in [-0.3, -0.25) is 4.98 Å². The summed E-state index contributed by atoms with van der Waals surface area (Å²) in [6.07, 6.45) is 1.76. The summed E-state index contributed by atoms with van der Waals surface area (Å²) in [6.45, 7) is 3.23. The predicted octanol–water partition coefficient (Wildman–Crippen LogP) is 2.14. The lowest BCUT2D eigenvalue weighted by atomic mass is 10.3. The van der Waals surface area contributed by atoms with E-state index >= 15 is 0 Å². The molecule has 0 amide bonds. The van der Waals surface area contributed by atoms with E-state index in [1.54, 1.807) is 17.5 Å². The van der Waals surface area contributed by atoms with Crippen molar-refractivity contribution in [3.63, 3.8) is 0 Å². The average molecular weight is 249 g/mol. The molecule has 0 bridgehead atoms. The van der Waals surface area contributed by atoms with E-state index in [0.717, 1.165) is 28.7 Å².